The van der Waals surface area contributed by atoms with Crippen molar-refractivity contribution in [2.24, 2.45) is 5.92 Å². The molecule has 1 aliphatic rings. The summed E-state index contributed by atoms with van der Waals surface area (Å²) in [7, 11) is 0. The lowest BCUT2D eigenvalue weighted by molar-refractivity contribution is 0.153. The second-order valence-corrected chi connectivity index (χ2v) is 7.64. The lowest BCUT2D eigenvalue weighted by Crippen LogP contribution is -2.08. The summed E-state index contributed by atoms with van der Waals surface area (Å²) in [6.07, 6.45) is 8.67. The summed E-state index contributed by atoms with van der Waals surface area (Å²) < 4.78 is 2.38. The molecule has 3 heteroatoms. The van der Waals surface area contributed by atoms with Crippen molar-refractivity contribution in [1.29, 1.82) is 0 Å². The molecule has 20 heavy (non-hydrogen) atoms. The van der Waals surface area contributed by atoms with Gasteiger partial charge in [-0.1, -0.05) is 44.2 Å². The van der Waals surface area contributed by atoms with E-state index in [9.17, 15) is 5.11 Å². The number of halogens is 1. The topological polar surface area (TPSA) is 20.2 Å². The highest BCUT2D eigenvalue weighted by Crippen LogP contribution is 2.37. The maximum Gasteiger partial charge on any atom is 0.0804 e. The molecule has 0 amide bonds. The van der Waals surface area contributed by atoms with E-state index >= 15 is 0 Å². The largest absolute Gasteiger partial charge is 0.388 e. The van der Waals surface area contributed by atoms with Gasteiger partial charge in [0.25, 0.3) is 0 Å². The van der Waals surface area contributed by atoms with E-state index < -0.39 is 0 Å². The Morgan fingerprint density at radius 1 is 1.25 bits per heavy atom. The number of aliphatic hydroxyl groups is 1. The van der Waals surface area contributed by atoms with Crippen molar-refractivity contribution in [2.75, 3.05) is 0 Å². The van der Waals surface area contributed by atoms with E-state index in [4.69, 9.17) is 0 Å². The van der Waals surface area contributed by atoms with Gasteiger partial charge in [-0.3, -0.25) is 0 Å². The van der Waals surface area contributed by atoms with E-state index in [1.165, 1.54) is 48.6 Å². The predicted octanol–water partition coefficient (Wildman–Crippen LogP) is 6.06. The Kier molecular flexibility index (Phi) is 4.79. The van der Waals surface area contributed by atoms with Gasteiger partial charge in [-0.2, -0.15) is 0 Å². The van der Waals surface area contributed by atoms with Crippen LogP contribution in [-0.2, 0) is 0 Å². The Balaban J connectivity index is 1.69. The van der Waals surface area contributed by atoms with Crippen LogP contribution >= 0.6 is 27.3 Å². The third-order valence-electron chi connectivity index (χ3n) is 4.51. The summed E-state index contributed by atoms with van der Waals surface area (Å²) in [6, 6.07) is 6.24. The molecule has 1 atom stereocenters. The van der Waals surface area contributed by atoms with Gasteiger partial charge in [0, 0.05) is 9.17 Å². The lowest BCUT2D eigenvalue weighted by atomic mass is 9.85. The first kappa shape index (κ1) is 14.6. The minimum absolute atomic E-state index is 0.306. The van der Waals surface area contributed by atoms with Crippen molar-refractivity contribution in [2.45, 2.75) is 51.0 Å². The van der Waals surface area contributed by atoms with Crippen molar-refractivity contribution < 1.29 is 5.11 Å². The zero-order chi connectivity index (χ0) is 13.9. The lowest BCUT2D eigenvalue weighted by Gasteiger charge is -2.22. The summed E-state index contributed by atoms with van der Waals surface area (Å²) in [4.78, 5) is 0. The summed E-state index contributed by atoms with van der Waals surface area (Å²) in [5, 5.41) is 13.9. The Hall–Kier alpha value is -0.380. The molecule has 1 aromatic carbocycles. The molecule has 1 saturated carbocycles. The zero-order valence-corrected chi connectivity index (χ0v) is 14.0. The van der Waals surface area contributed by atoms with Gasteiger partial charge in [0.2, 0.25) is 0 Å². The van der Waals surface area contributed by atoms with Crippen LogP contribution in [0.4, 0.5) is 0 Å². The molecule has 1 fully saturated rings. The normalized spacial score (nSPS) is 18.5. The van der Waals surface area contributed by atoms with Gasteiger partial charge in [0.05, 0.1) is 6.10 Å². The summed E-state index contributed by atoms with van der Waals surface area (Å²) in [6.45, 7) is 0. The molecule has 0 radical (unpaired) electrons. The summed E-state index contributed by atoms with van der Waals surface area (Å²) >= 11 is 5.31. The van der Waals surface area contributed by atoms with Crippen LogP contribution in [0.5, 0.6) is 0 Å². The van der Waals surface area contributed by atoms with E-state index in [1.54, 1.807) is 11.3 Å². The molecule has 2 aromatic rings. The second-order valence-electron chi connectivity index (χ2n) is 5.90. The molecule has 0 saturated heterocycles. The first-order chi connectivity index (χ1) is 9.75. The Bertz CT molecular complexity index is 571. The number of benzene rings is 1. The number of fused-ring (bicyclic) bond motifs is 1. The van der Waals surface area contributed by atoms with Gasteiger partial charge < -0.3 is 5.11 Å². The van der Waals surface area contributed by atoms with E-state index in [0.29, 0.717) is 0 Å². The summed E-state index contributed by atoms with van der Waals surface area (Å²) in [5.41, 5.74) is 1.11. The summed E-state index contributed by atoms with van der Waals surface area (Å²) in [5.74, 6) is 0.843. The van der Waals surface area contributed by atoms with E-state index in [0.717, 1.165) is 22.4 Å². The molecular weight excluding hydrogens is 332 g/mol. The molecule has 3 rings (SSSR count). The van der Waals surface area contributed by atoms with Crippen LogP contribution in [0.1, 0.15) is 56.6 Å². The Labute approximate surface area is 133 Å². The van der Waals surface area contributed by atoms with Crippen LogP contribution in [-0.4, -0.2) is 5.11 Å². The van der Waals surface area contributed by atoms with Crippen LogP contribution in [0.15, 0.2) is 28.1 Å². The van der Waals surface area contributed by atoms with Crippen molar-refractivity contribution in [3.05, 3.63) is 33.6 Å². The first-order valence-corrected chi connectivity index (χ1v) is 9.26. The first-order valence-electron chi connectivity index (χ1n) is 7.59. The maximum absolute atomic E-state index is 10.5. The van der Waals surface area contributed by atoms with Crippen molar-refractivity contribution in [1.82, 2.24) is 0 Å². The molecule has 108 valence electrons. The van der Waals surface area contributed by atoms with E-state index in [1.807, 2.05) is 0 Å². The minimum Gasteiger partial charge on any atom is -0.388 e. The smallest absolute Gasteiger partial charge is 0.0804 e. The number of thiophene rings is 1. The molecule has 0 spiro atoms. The molecule has 1 unspecified atom stereocenters. The molecule has 1 aromatic heterocycles. The monoisotopic (exact) mass is 352 g/mol. The van der Waals surface area contributed by atoms with Gasteiger partial charge in [-0.05, 0) is 57.1 Å². The zero-order valence-electron chi connectivity index (χ0n) is 11.6. The highest BCUT2D eigenvalue weighted by atomic mass is 79.9. The fourth-order valence-electron chi connectivity index (χ4n) is 3.32. The Morgan fingerprint density at radius 2 is 2.05 bits per heavy atom. The van der Waals surface area contributed by atoms with Gasteiger partial charge in [-0.15, -0.1) is 11.3 Å². The SMILES string of the molecule is OC(CCC1CCCCC1)c1csc2c(Br)cccc12. The van der Waals surface area contributed by atoms with Crippen LogP contribution in [0.25, 0.3) is 10.1 Å². The second kappa shape index (κ2) is 6.59. The van der Waals surface area contributed by atoms with E-state index in [-0.39, 0.29) is 6.10 Å². The fraction of sp³-hybridized carbons (Fsp3) is 0.529. The van der Waals surface area contributed by atoms with Crippen molar-refractivity contribution in [3.63, 3.8) is 0 Å². The average Bonchev–Trinajstić information content (AvgIpc) is 2.91. The Morgan fingerprint density at radius 3 is 2.85 bits per heavy atom. The van der Waals surface area contributed by atoms with Crippen molar-refractivity contribution >= 4 is 37.4 Å². The van der Waals surface area contributed by atoms with Crippen LogP contribution < -0.4 is 0 Å². The number of aliphatic hydroxyl groups excluding tert-OH is 1. The third kappa shape index (κ3) is 3.10. The van der Waals surface area contributed by atoms with Gasteiger partial charge in [0.15, 0.2) is 0 Å². The van der Waals surface area contributed by atoms with Gasteiger partial charge in [0.1, 0.15) is 0 Å². The van der Waals surface area contributed by atoms with Crippen LogP contribution in [0, 0.1) is 5.92 Å². The van der Waals surface area contributed by atoms with Crippen LogP contribution in [0.2, 0.25) is 0 Å². The molecule has 1 heterocycles. The highest BCUT2D eigenvalue weighted by molar-refractivity contribution is 9.10. The quantitative estimate of drug-likeness (QED) is 0.709. The number of hydrogen-bond donors (Lipinski definition) is 1. The number of hydrogen-bond acceptors (Lipinski definition) is 2. The molecule has 0 bridgehead atoms. The van der Waals surface area contributed by atoms with Gasteiger partial charge in [-0.25, -0.2) is 0 Å². The maximum atomic E-state index is 10.5. The number of rotatable bonds is 4. The van der Waals surface area contributed by atoms with Crippen molar-refractivity contribution in [3.8, 4) is 0 Å². The highest BCUT2D eigenvalue weighted by Gasteiger charge is 2.18. The average molecular weight is 353 g/mol. The molecule has 1 nitrogen and oxygen atoms in total. The molecule has 1 aliphatic carbocycles. The van der Waals surface area contributed by atoms with Crippen LogP contribution in [0.3, 0.4) is 0 Å². The molecule has 1 N–H and O–H groups in total. The standard InChI is InChI=1S/C17H21BrOS/c18-15-8-4-7-13-14(11-20-17(13)15)16(19)10-9-12-5-2-1-3-6-12/h4,7-8,11-12,16,19H,1-3,5-6,9-10H2. The third-order valence-corrected chi connectivity index (χ3v) is 6.48. The fourth-order valence-corrected chi connectivity index (χ4v) is 4.99. The van der Waals surface area contributed by atoms with E-state index in [2.05, 4.69) is 39.5 Å². The molecule has 0 aliphatic heterocycles. The minimum atomic E-state index is -0.306. The predicted molar refractivity (Wildman–Crippen MR) is 90.3 cm³/mol. The molecular formula is C17H21BrOS. The van der Waals surface area contributed by atoms with Gasteiger partial charge >= 0.3 is 0 Å².